The molecule has 1 aromatic rings. The zero-order valence-electron chi connectivity index (χ0n) is 7.98. The molecule has 1 N–H and O–H groups in total. The Kier molecular flexibility index (Phi) is 3.11. The molecule has 5 heteroatoms. The third kappa shape index (κ3) is 2.62. The number of carbonyl (C=O) groups is 1. The maximum atomic E-state index is 11.2. The fourth-order valence-corrected chi connectivity index (χ4v) is 1.73. The highest BCUT2D eigenvalue weighted by molar-refractivity contribution is 9.10. The lowest BCUT2D eigenvalue weighted by molar-refractivity contribution is -0.120. The minimum absolute atomic E-state index is 0.00115. The van der Waals surface area contributed by atoms with Crippen LogP contribution in [-0.4, -0.2) is 29.7 Å². The highest BCUT2D eigenvalue weighted by Crippen LogP contribution is 2.09. The number of hydrogen-bond donors (Lipinski definition) is 1. The van der Waals surface area contributed by atoms with Crippen LogP contribution in [0.5, 0.6) is 0 Å². The van der Waals surface area contributed by atoms with E-state index in [0.29, 0.717) is 6.54 Å². The average molecular weight is 268 g/mol. The molecule has 0 aromatic carbocycles. The van der Waals surface area contributed by atoms with E-state index in [9.17, 15) is 4.79 Å². The minimum atomic E-state index is -0.245. The normalized spacial score (nSPS) is 20.9. The summed E-state index contributed by atoms with van der Waals surface area (Å²) in [4.78, 5) is 19.5. The van der Waals surface area contributed by atoms with Crippen LogP contribution >= 0.6 is 15.9 Å². The third-order valence-electron chi connectivity index (χ3n) is 2.15. The second-order valence-corrected chi connectivity index (χ2v) is 4.19. The Labute approximate surface area is 95.9 Å². The van der Waals surface area contributed by atoms with E-state index in [1.165, 1.54) is 0 Å². The van der Waals surface area contributed by atoms with Crippen LogP contribution in [0.15, 0.2) is 27.8 Å². The molecule has 2 rings (SSSR count). The predicted octanol–water partition coefficient (Wildman–Crippen LogP) is 1.15. The van der Waals surface area contributed by atoms with Gasteiger partial charge in [-0.2, -0.15) is 0 Å². The van der Waals surface area contributed by atoms with E-state index in [1.807, 2.05) is 12.1 Å². The van der Waals surface area contributed by atoms with Crippen molar-refractivity contribution in [1.29, 1.82) is 0 Å². The second kappa shape index (κ2) is 4.53. The minimum Gasteiger partial charge on any atom is -0.354 e. The van der Waals surface area contributed by atoms with Crippen molar-refractivity contribution in [3.05, 3.63) is 28.5 Å². The van der Waals surface area contributed by atoms with Gasteiger partial charge in [0.2, 0.25) is 5.91 Å². The van der Waals surface area contributed by atoms with E-state index in [0.717, 1.165) is 16.6 Å². The SMILES string of the molecule is O=C1NCCC1/N=C/c1cc(Br)ccn1. The van der Waals surface area contributed by atoms with Gasteiger partial charge in [0.15, 0.2) is 0 Å². The number of aromatic nitrogens is 1. The first-order valence-electron chi connectivity index (χ1n) is 4.68. The molecule has 0 spiro atoms. The standard InChI is InChI=1S/C10H10BrN3O/c11-7-1-3-12-8(5-7)6-14-9-2-4-13-10(9)15/h1,3,5-6,9H,2,4H2,(H,13,15)/b14-6+. The molecule has 0 bridgehead atoms. The van der Waals surface area contributed by atoms with Gasteiger partial charge in [0, 0.05) is 23.4 Å². The van der Waals surface area contributed by atoms with Crippen LogP contribution in [0.2, 0.25) is 0 Å². The molecule has 78 valence electrons. The fourth-order valence-electron chi connectivity index (χ4n) is 1.38. The summed E-state index contributed by atoms with van der Waals surface area (Å²) >= 11 is 3.35. The van der Waals surface area contributed by atoms with Gasteiger partial charge in [-0.15, -0.1) is 0 Å². The number of aliphatic imine (C=N–C) groups is 1. The molecule has 15 heavy (non-hydrogen) atoms. The number of halogens is 1. The third-order valence-corrected chi connectivity index (χ3v) is 2.64. The van der Waals surface area contributed by atoms with Gasteiger partial charge in [-0.1, -0.05) is 15.9 Å². The average Bonchev–Trinajstić information content (AvgIpc) is 2.61. The molecule has 4 nitrogen and oxygen atoms in total. The molecular weight excluding hydrogens is 258 g/mol. The van der Waals surface area contributed by atoms with Crippen LogP contribution in [0.25, 0.3) is 0 Å². The van der Waals surface area contributed by atoms with Crippen molar-refractivity contribution < 1.29 is 4.79 Å². The van der Waals surface area contributed by atoms with Crippen molar-refractivity contribution in [3.63, 3.8) is 0 Å². The van der Waals surface area contributed by atoms with E-state index in [4.69, 9.17) is 0 Å². The molecule has 1 aliphatic heterocycles. The Balaban J connectivity index is 2.08. The van der Waals surface area contributed by atoms with E-state index < -0.39 is 0 Å². The first-order chi connectivity index (χ1) is 7.25. The van der Waals surface area contributed by atoms with Crippen LogP contribution < -0.4 is 5.32 Å². The molecule has 0 saturated carbocycles. The smallest absolute Gasteiger partial charge is 0.244 e. The number of amides is 1. The molecule has 1 saturated heterocycles. The summed E-state index contributed by atoms with van der Waals surface area (Å²) in [5, 5.41) is 2.73. The van der Waals surface area contributed by atoms with E-state index in [1.54, 1.807) is 12.4 Å². The fraction of sp³-hybridized carbons (Fsp3) is 0.300. The van der Waals surface area contributed by atoms with Crippen LogP contribution in [-0.2, 0) is 4.79 Å². The van der Waals surface area contributed by atoms with Crippen LogP contribution in [0, 0.1) is 0 Å². The van der Waals surface area contributed by atoms with Crippen molar-refractivity contribution in [2.24, 2.45) is 4.99 Å². The van der Waals surface area contributed by atoms with E-state index in [-0.39, 0.29) is 11.9 Å². The highest BCUT2D eigenvalue weighted by Gasteiger charge is 2.22. The monoisotopic (exact) mass is 267 g/mol. The molecule has 0 radical (unpaired) electrons. The Bertz CT molecular complexity index is 405. The van der Waals surface area contributed by atoms with E-state index >= 15 is 0 Å². The van der Waals surface area contributed by atoms with Crippen molar-refractivity contribution in [2.75, 3.05) is 6.54 Å². The maximum absolute atomic E-state index is 11.2. The van der Waals surface area contributed by atoms with Crippen LogP contribution in [0.4, 0.5) is 0 Å². The molecule has 1 unspecified atom stereocenters. The number of rotatable bonds is 2. The summed E-state index contributed by atoms with van der Waals surface area (Å²) in [6.45, 7) is 0.715. The zero-order chi connectivity index (χ0) is 10.7. The number of nitrogens with one attached hydrogen (secondary N) is 1. The van der Waals surface area contributed by atoms with Gasteiger partial charge >= 0.3 is 0 Å². The van der Waals surface area contributed by atoms with Crippen molar-refractivity contribution in [1.82, 2.24) is 10.3 Å². The van der Waals surface area contributed by atoms with Gasteiger partial charge in [-0.05, 0) is 18.6 Å². The summed E-state index contributed by atoms with van der Waals surface area (Å²) in [6, 6.07) is 3.46. The summed E-state index contributed by atoms with van der Waals surface area (Å²) in [5.74, 6) is 0.00115. The number of carbonyl (C=O) groups excluding carboxylic acids is 1. The van der Waals surface area contributed by atoms with Gasteiger partial charge in [-0.25, -0.2) is 0 Å². The highest BCUT2D eigenvalue weighted by atomic mass is 79.9. The Morgan fingerprint density at radius 1 is 1.67 bits per heavy atom. The van der Waals surface area contributed by atoms with Gasteiger partial charge in [-0.3, -0.25) is 14.8 Å². The largest absolute Gasteiger partial charge is 0.354 e. The second-order valence-electron chi connectivity index (χ2n) is 3.27. The molecule has 0 aliphatic carbocycles. The lowest BCUT2D eigenvalue weighted by Crippen LogP contribution is -2.21. The molecule has 1 atom stereocenters. The van der Waals surface area contributed by atoms with Gasteiger partial charge in [0.05, 0.1) is 5.69 Å². The summed E-state index contributed by atoms with van der Waals surface area (Å²) < 4.78 is 0.954. The van der Waals surface area contributed by atoms with Gasteiger partial charge in [0.25, 0.3) is 0 Å². The summed E-state index contributed by atoms with van der Waals surface area (Å²) in [6.07, 6.45) is 4.10. The van der Waals surface area contributed by atoms with Crippen LogP contribution in [0.3, 0.4) is 0 Å². The summed E-state index contributed by atoms with van der Waals surface area (Å²) in [5.41, 5.74) is 0.754. The molecule has 1 amide bonds. The first kappa shape index (κ1) is 10.3. The lowest BCUT2D eigenvalue weighted by Gasteiger charge is -1.98. The van der Waals surface area contributed by atoms with E-state index in [2.05, 4.69) is 31.2 Å². The summed E-state index contributed by atoms with van der Waals surface area (Å²) in [7, 11) is 0. The first-order valence-corrected chi connectivity index (χ1v) is 5.47. The zero-order valence-corrected chi connectivity index (χ0v) is 9.57. The lowest BCUT2D eigenvalue weighted by atomic mass is 10.2. The number of nitrogens with zero attached hydrogens (tertiary/aromatic N) is 2. The number of hydrogen-bond acceptors (Lipinski definition) is 3. The Morgan fingerprint density at radius 2 is 2.53 bits per heavy atom. The number of pyridine rings is 1. The van der Waals surface area contributed by atoms with Crippen LogP contribution in [0.1, 0.15) is 12.1 Å². The molecule has 1 aromatic heterocycles. The molecule has 1 aliphatic rings. The quantitative estimate of drug-likeness (QED) is 0.818. The molecular formula is C10H10BrN3O. The molecule has 1 fully saturated rings. The van der Waals surface area contributed by atoms with Gasteiger partial charge in [0.1, 0.15) is 6.04 Å². The Morgan fingerprint density at radius 3 is 3.20 bits per heavy atom. The Hall–Kier alpha value is -1.23. The van der Waals surface area contributed by atoms with Crippen molar-refractivity contribution in [2.45, 2.75) is 12.5 Å². The van der Waals surface area contributed by atoms with Crippen molar-refractivity contribution >= 4 is 28.1 Å². The van der Waals surface area contributed by atoms with Gasteiger partial charge < -0.3 is 5.32 Å². The maximum Gasteiger partial charge on any atom is 0.244 e. The van der Waals surface area contributed by atoms with Crippen molar-refractivity contribution in [3.8, 4) is 0 Å². The predicted molar refractivity (Wildman–Crippen MR) is 60.9 cm³/mol. The molecule has 2 heterocycles. The topological polar surface area (TPSA) is 54.4 Å².